The van der Waals surface area contributed by atoms with Crippen LogP contribution in [0, 0.1) is 10.1 Å². The molecule has 0 spiro atoms. The van der Waals surface area contributed by atoms with Crippen molar-refractivity contribution >= 4 is 17.7 Å². The molecule has 1 rings (SSSR count). The first-order chi connectivity index (χ1) is 9.92. The Labute approximate surface area is 121 Å². The van der Waals surface area contributed by atoms with E-state index in [1.54, 1.807) is 13.8 Å². The zero-order valence-corrected chi connectivity index (χ0v) is 11.7. The highest BCUT2D eigenvalue weighted by Gasteiger charge is 2.14. The maximum absolute atomic E-state index is 11.6. The molecule has 1 amide bonds. The monoisotopic (exact) mass is 296 g/mol. The van der Waals surface area contributed by atoms with E-state index in [-0.39, 0.29) is 24.5 Å². The molecule has 21 heavy (non-hydrogen) atoms. The minimum Gasteiger partial charge on any atom is -0.466 e. The van der Waals surface area contributed by atoms with Crippen LogP contribution in [0.2, 0.25) is 0 Å². The van der Waals surface area contributed by atoms with Crippen molar-refractivity contribution < 1.29 is 24.0 Å². The molecule has 0 aliphatic carbocycles. The van der Waals surface area contributed by atoms with Gasteiger partial charge >= 0.3 is 12.1 Å². The lowest BCUT2D eigenvalue weighted by Gasteiger charge is -2.12. The van der Waals surface area contributed by atoms with Crippen LogP contribution in [0.4, 0.5) is 10.5 Å². The number of nitro groups is 1. The number of nitrogens with one attached hydrogen (secondary N) is 1. The Morgan fingerprint density at radius 3 is 2.48 bits per heavy atom. The number of carbonyl (C=O) groups is 2. The molecular weight excluding hydrogens is 280 g/mol. The van der Waals surface area contributed by atoms with Crippen LogP contribution >= 0.6 is 0 Å². The number of esters is 1. The van der Waals surface area contributed by atoms with Gasteiger partial charge in [-0.2, -0.15) is 0 Å². The molecule has 0 aliphatic rings. The first kappa shape index (κ1) is 16.4. The Hall–Kier alpha value is -2.64. The highest BCUT2D eigenvalue weighted by atomic mass is 16.6. The van der Waals surface area contributed by atoms with Crippen molar-refractivity contribution in [2.45, 2.75) is 26.3 Å². The molecule has 0 radical (unpaired) electrons. The zero-order valence-electron chi connectivity index (χ0n) is 11.7. The van der Waals surface area contributed by atoms with Crippen LogP contribution in [-0.2, 0) is 9.53 Å². The minimum absolute atomic E-state index is 0.0310. The molecule has 8 nitrogen and oxygen atoms in total. The topological polar surface area (TPSA) is 108 Å². The molecule has 114 valence electrons. The predicted octanol–water partition coefficient (Wildman–Crippen LogP) is 2.02. The van der Waals surface area contributed by atoms with E-state index in [0.717, 1.165) is 0 Å². The summed E-state index contributed by atoms with van der Waals surface area (Å²) in [5.41, 5.74) is -0.0987. The third-order valence-electron chi connectivity index (χ3n) is 2.40. The maximum Gasteiger partial charge on any atom is 0.412 e. The molecular formula is C13H16N2O6. The van der Waals surface area contributed by atoms with Crippen LogP contribution in [0.1, 0.15) is 20.3 Å². The smallest absolute Gasteiger partial charge is 0.412 e. The second-order valence-corrected chi connectivity index (χ2v) is 4.20. The Kier molecular flexibility index (Phi) is 6.12. The van der Waals surface area contributed by atoms with Gasteiger partial charge < -0.3 is 14.8 Å². The van der Waals surface area contributed by atoms with Gasteiger partial charge in [-0.25, -0.2) is 4.79 Å². The minimum atomic E-state index is -0.749. The molecule has 0 aromatic heterocycles. The van der Waals surface area contributed by atoms with Gasteiger partial charge in [-0.3, -0.25) is 14.9 Å². The molecule has 0 aliphatic heterocycles. The van der Waals surface area contributed by atoms with Crippen LogP contribution in [0.15, 0.2) is 24.3 Å². The molecule has 1 N–H and O–H groups in total. The number of amides is 1. The van der Waals surface area contributed by atoms with Crippen LogP contribution in [0.25, 0.3) is 0 Å². The van der Waals surface area contributed by atoms with Crippen LogP contribution in [0.5, 0.6) is 5.75 Å². The number of benzene rings is 1. The van der Waals surface area contributed by atoms with E-state index in [1.807, 2.05) is 0 Å². The molecule has 0 fully saturated rings. The van der Waals surface area contributed by atoms with Gasteiger partial charge in [-0.1, -0.05) is 0 Å². The number of ether oxygens (including phenoxy) is 2. The Balaban J connectivity index is 2.46. The summed E-state index contributed by atoms with van der Waals surface area (Å²) in [6, 6.07) is 4.63. The lowest BCUT2D eigenvalue weighted by atomic mass is 10.2. The highest BCUT2D eigenvalue weighted by molar-refractivity contribution is 5.73. The second kappa shape index (κ2) is 7.83. The van der Waals surface area contributed by atoms with E-state index < -0.39 is 23.0 Å². The summed E-state index contributed by atoms with van der Waals surface area (Å²) >= 11 is 0. The average molecular weight is 296 g/mol. The standard InChI is InChI=1S/C13H16N2O6/c1-3-20-12(16)8-9(2)14-13(17)21-11-6-4-10(5-7-11)15(18)19/h4-7,9H,3,8H2,1-2H3,(H,14,17)/t9-/m0/s1. The number of non-ortho nitro benzene ring substituents is 1. The van der Waals surface area contributed by atoms with Gasteiger partial charge in [-0.15, -0.1) is 0 Å². The van der Waals surface area contributed by atoms with E-state index in [1.165, 1.54) is 24.3 Å². The summed E-state index contributed by atoms with van der Waals surface area (Å²) in [6.45, 7) is 3.60. The summed E-state index contributed by atoms with van der Waals surface area (Å²) in [5.74, 6) is -0.248. The van der Waals surface area contributed by atoms with Gasteiger partial charge in [0.15, 0.2) is 0 Å². The predicted molar refractivity (Wildman–Crippen MR) is 73.0 cm³/mol. The quantitative estimate of drug-likeness (QED) is 0.489. The third-order valence-corrected chi connectivity index (χ3v) is 2.40. The van der Waals surface area contributed by atoms with Crippen molar-refractivity contribution in [3.8, 4) is 5.75 Å². The fraction of sp³-hybridized carbons (Fsp3) is 0.385. The SMILES string of the molecule is CCOC(=O)C[C@H](C)NC(=O)Oc1ccc([N+](=O)[O-])cc1. The lowest BCUT2D eigenvalue weighted by Crippen LogP contribution is -2.36. The lowest BCUT2D eigenvalue weighted by molar-refractivity contribution is -0.384. The molecule has 1 aromatic rings. The van der Waals surface area contributed by atoms with Crippen LogP contribution in [0.3, 0.4) is 0 Å². The summed E-state index contributed by atoms with van der Waals surface area (Å²) in [6.07, 6.45) is -0.718. The molecule has 0 bridgehead atoms. The Morgan fingerprint density at radius 1 is 1.33 bits per heavy atom. The first-order valence-corrected chi connectivity index (χ1v) is 6.30. The van der Waals surface area contributed by atoms with Crippen LogP contribution < -0.4 is 10.1 Å². The van der Waals surface area contributed by atoms with Crippen molar-refractivity contribution in [2.24, 2.45) is 0 Å². The maximum atomic E-state index is 11.6. The number of carbonyl (C=O) groups excluding carboxylic acids is 2. The largest absolute Gasteiger partial charge is 0.466 e. The normalized spacial score (nSPS) is 11.3. The first-order valence-electron chi connectivity index (χ1n) is 6.30. The molecule has 1 aromatic carbocycles. The van der Waals surface area contributed by atoms with Gasteiger partial charge in [-0.05, 0) is 26.0 Å². The van der Waals surface area contributed by atoms with E-state index in [2.05, 4.69) is 5.32 Å². The van der Waals surface area contributed by atoms with E-state index >= 15 is 0 Å². The van der Waals surface area contributed by atoms with E-state index in [4.69, 9.17) is 9.47 Å². The van der Waals surface area contributed by atoms with Gasteiger partial charge in [0.2, 0.25) is 0 Å². The van der Waals surface area contributed by atoms with Crippen LogP contribution in [-0.4, -0.2) is 29.6 Å². The number of nitrogens with zero attached hydrogens (tertiary/aromatic N) is 1. The summed E-state index contributed by atoms with van der Waals surface area (Å²) in [5, 5.41) is 12.9. The van der Waals surface area contributed by atoms with Crippen molar-refractivity contribution in [1.29, 1.82) is 0 Å². The van der Waals surface area contributed by atoms with Crippen molar-refractivity contribution in [3.05, 3.63) is 34.4 Å². The van der Waals surface area contributed by atoms with E-state index in [0.29, 0.717) is 0 Å². The summed E-state index contributed by atoms with van der Waals surface area (Å²) in [7, 11) is 0. The van der Waals surface area contributed by atoms with Crippen molar-refractivity contribution in [3.63, 3.8) is 0 Å². The average Bonchev–Trinajstić information content (AvgIpc) is 2.38. The van der Waals surface area contributed by atoms with Crippen molar-refractivity contribution in [2.75, 3.05) is 6.61 Å². The Bertz CT molecular complexity index is 514. The fourth-order valence-electron chi connectivity index (χ4n) is 1.49. The van der Waals surface area contributed by atoms with Crippen molar-refractivity contribution in [1.82, 2.24) is 5.32 Å². The molecule has 0 unspecified atom stereocenters. The fourth-order valence-corrected chi connectivity index (χ4v) is 1.49. The molecule has 8 heteroatoms. The van der Waals surface area contributed by atoms with Gasteiger partial charge in [0, 0.05) is 18.2 Å². The van der Waals surface area contributed by atoms with Gasteiger partial charge in [0.25, 0.3) is 5.69 Å². The van der Waals surface area contributed by atoms with Gasteiger partial charge in [0.05, 0.1) is 18.0 Å². The Morgan fingerprint density at radius 2 is 1.95 bits per heavy atom. The second-order valence-electron chi connectivity index (χ2n) is 4.20. The summed E-state index contributed by atoms with van der Waals surface area (Å²) in [4.78, 5) is 32.7. The molecule has 0 heterocycles. The van der Waals surface area contributed by atoms with Gasteiger partial charge in [0.1, 0.15) is 5.75 Å². The number of hydrogen-bond acceptors (Lipinski definition) is 6. The number of hydrogen-bond donors (Lipinski definition) is 1. The zero-order chi connectivity index (χ0) is 15.8. The molecule has 0 saturated heterocycles. The molecule has 1 atom stereocenters. The third kappa shape index (κ3) is 5.89. The number of nitro benzene ring substituents is 1. The molecule has 0 saturated carbocycles. The van der Waals surface area contributed by atoms with E-state index in [9.17, 15) is 19.7 Å². The summed E-state index contributed by atoms with van der Waals surface area (Å²) < 4.78 is 9.69. The highest BCUT2D eigenvalue weighted by Crippen LogP contribution is 2.17. The number of rotatable bonds is 6.